The molecule has 116 valence electrons. The Bertz CT molecular complexity index is 821. The number of benzene rings is 2. The van der Waals surface area contributed by atoms with Gasteiger partial charge in [-0.3, -0.25) is 4.79 Å². The van der Waals surface area contributed by atoms with Gasteiger partial charge < -0.3 is 0 Å². The van der Waals surface area contributed by atoms with Crippen LogP contribution in [0.25, 0.3) is 16.9 Å². The largest absolute Gasteiger partial charge is 0.298 e. The fourth-order valence-electron chi connectivity index (χ4n) is 2.33. The number of nitrogens with zero attached hydrogens (tertiary/aromatic N) is 2. The van der Waals surface area contributed by atoms with Crippen molar-refractivity contribution in [2.45, 2.75) is 13.3 Å². The summed E-state index contributed by atoms with van der Waals surface area (Å²) in [5.74, 6) is 0. The number of aldehydes is 1. The van der Waals surface area contributed by atoms with Crippen molar-refractivity contribution in [1.29, 1.82) is 0 Å². The highest BCUT2D eigenvalue weighted by molar-refractivity contribution is 5.75. The van der Waals surface area contributed by atoms with Crippen LogP contribution in [0.15, 0.2) is 54.6 Å². The molecule has 0 aliphatic heterocycles. The van der Waals surface area contributed by atoms with Crippen LogP contribution in [-0.4, -0.2) is 16.1 Å². The van der Waals surface area contributed by atoms with Gasteiger partial charge in [0.25, 0.3) is 6.43 Å². The maximum atomic E-state index is 13.1. The first-order chi connectivity index (χ1) is 11.1. The molecule has 0 spiro atoms. The molecule has 23 heavy (non-hydrogen) atoms. The van der Waals surface area contributed by atoms with E-state index in [1.54, 1.807) is 24.3 Å². The number of aryl methyl sites for hydroxylation is 1. The van der Waals surface area contributed by atoms with Gasteiger partial charge in [0.1, 0.15) is 12.0 Å². The third kappa shape index (κ3) is 3.04. The predicted molar refractivity (Wildman–Crippen MR) is 84.1 cm³/mol. The Balaban J connectivity index is 2.13. The van der Waals surface area contributed by atoms with Gasteiger partial charge in [-0.25, -0.2) is 13.5 Å². The van der Waals surface area contributed by atoms with Gasteiger partial charge in [0.15, 0.2) is 0 Å². The van der Waals surface area contributed by atoms with Crippen LogP contribution in [-0.2, 0) is 0 Å². The van der Waals surface area contributed by atoms with E-state index in [0.717, 1.165) is 17.4 Å². The summed E-state index contributed by atoms with van der Waals surface area (Å²) in [5, 5.41) is 4.01. The Labute approximate surface area is 132 Å². The number of hydrogen-bond acceptors (Lipinski definition) is 2. The molecule has 3 nitrogen and oxygen atoms in total. The number of hydrogen-bond donors (Lipinski definition) is 0. The number of halogens is 2. The fourth-order valence-corrected chi connectivity index (χ4v) is 2.33. The zero-order valence-electron chi connectivity index (χ0n) is 12.4. The molecule has 0 aliphatic carbocycles. The maximum Gasteiger partial charge on any atom is 0.282 e. The van der Waals surface area contributed by atoms with Crippen molar-refractivity contribution in [1.82, 2.24) is 9.78 Å². The van der Waals surface area contributed by atoms with Crippen molar-refractivity contribution in [3.05, 3.63) is 71.4 Å². The van der Waals surface area contributed by atoms with Crippen LogP contribution in [0.3, 0.4) is 0 Å². The van der Waals surface area contributed by atoms with E-state index in [1.165, 1.54) is 10.7 Å². The van der Waals surface area contributed by atoms with Gasteiger partial charge in [-0.05, 0) is 37.3 Å². The van der Waals surface area contributed by atoms with Gasteiger partial charge in [0.2, 0.25) is 0 Å². The van der Waals surface area contributed by atoms with Crippen LogP contribution in [0.2, 0.25) is 0 Å². The van der Waals surface area contributed by atoms with Gasteiger partial charge in [0.05, 0.1) is 11.4 Å². The molecule has 0 radical (unpaired) electrons. The SMILES string of the molecule is Cc1ccc(-c2cc(C(F)F)nn2-c2ccc(C=O)cc2)cc1. The number of aromatic nitrogens is 2. The second kappa shape index (κ2) is 6.12. The van der Waals surface area contributed by atoms with E-state index in [1.807, 2.05) is 31.2 Å². The van der Waals surface area contributed by atoms with Gasteiger partial charge in [-0.1, -0.05) is 29.8 Å². The van der Waals surface area contributed by atoms with E-state index in [-0.39, 0.29) is 5.69 Å². The molecule has 0 N–H and O–H groups in total. The topological polar surface area (TPSA) is 34.9 Å². The number of carbonyl (C=O) groups excluding carboxylic acids is 1. The molecule has 0 saturated carbocycles. The lowest BCUT2D eigenvalue weighted by molar-refractivity contribution is 0.112. The molecule has 0 aliphatic rings. The normalized spacial score (nSPS) is 11.0. The van der Waals surface area contributed by atoms with E-state index in [9.17, 15) is 13.6 Å². The van der Waals surface area contributed by atoms with Crippen molar-refractivity contribution < 1.29 is 13.6 Å². The quantitative estimate of drug-likeness (QED) is 0.660. The zero-order chi connectivity index (χ0) is 16.4. The number of rotatable bonds is 4. The first-order valence-corrected chi connectivity index (χ1v) is 7.09. The van der Waals surface area contributed by atoms with E-state index >= 15 is 0 Å². The summed E-state index contributed by atoms with van der Waals surface area (Å²) in [4.78, 5) is 10.7. The van der Waals surface area contributed by atoms with Crippen molar-refractivity contribution in [3.8, 4) is 16.9 Å². The van der Waals surface area contributed by atoms with Gasteiger partial charge in [-0.15, -0.1) is 0 Å². The van der Waals surface area contributed by atoms with Crippen LogP contribution < -0.4 is 0 Å². The first kappa shape index (κ1) is 15.1. The highest BCUT2D eigenvalue weighted by Gasteiger charge is 2.17. The molecular weight excluding hydrogens is 298 g/mol. The second-order valence-electron chi connectivity index (χ2n) is 5.24. The van der Waals surface area contributed by atoms with E-state index in [0.29, 0.717) is 16.9 Å². The lowest BCUT2D eigenvalue weighted by Gasteiger charge is -2.08. The first-order valence-electron chi connectivity index (χ1n) is 7.09. The Morgan fingerprint density at radius 1 is 1.04 bits per heavy atom. The smallest absolute Gasteiger partial charge is 0.282 e. The summed E-state index contributed by atoms with van der Waals surface area (Å²) in [6.45, 7) is 1.96. The summed E-state index contributed by atoms with van der Waals surface area (Å²) in [7, 11) is 0. The highest BCUT2D eigenvalue weighted by Crippen LogP contribution is 2.28. The molecule has 0 saturated heterocycles. The minimum atomic E-state index is -2.64. The fraction of sp³-hybridized carbons (Fsp3) is 0.111. The van der Waals surface area contributed by atoms with Crippen molar-refractivity contribution in [3.63, 3.8) is 0 Å². The molecule has 1 aromatic heterocycles. The van der Waals surface area contributed by atoms with Crippen LogP contribution in [0, 0.1) is 6.92 Å². The lowest BCUT2D eigenvalue weighted by Crippen LogP contribution is -2.00. The minimum absolute atomic E-state index is 0.278. The van der Waals surface area contributed by atoms with E-state index in [4.69, 9.17) is 0 Å². The average Bonchev–Trinajstić information content (AvgIpc) is 3.01. The van der Waals surface area contributed by atoms with Crippen LogP contribution in [0.1, 0.15) is 28.0 Å². The van der Waals surface area contributed by atoms with E-state index in [2.05, 4.69) is 5.10 Å². The Hall–Kier alpha value is -2.82. The Morgan fingerprint density at radius 3 is 2.26 bits per heavy atom. The lowest BCUT2D eigenvalue weighted by atomic mass is 10.1. The number of alkyl halides is 2. The van der Waals surface area contributed by atoms with Gasteiger partial charge in [-0.2, -0.15) is 5.10 Å². The van der Waals surface area contributed by atoms with E-state index < -0.39 is 6.43 Å². The maximum absolute atomic E-state index is 13.1. The third-order valence-electron chi connectivity index (χ3n) is 3.57. The Kier molecular flexibility index (Phi) is 4.02. The Morgan fingerprint density at radius 2 is 1.70 bits per heavy atom. The summed E-state index contributed by atoms with van der Waals surface area (Å²) >= 11 is 0. The molecule has 3 aromatic rings. The van der Waals surface area contributed by atoms with Crippen molar-refractivity contribution in [2.75, 3.05) is 0 Å². The van der Waals surface area contributed by atoms with Crippen LogP contribution in [0.5, 0.6) is 0 Å². The minimum Gasteiger partial charge on any atom is -0.298 e. The van der Waals surface area contributed by atoms with Crippen LogP contribution >= 0.6 is 0 Å². The summed E-state index contributed by atoms with van der Waals surface area (Å²) in [6, 6.07) is 15.6. The molecule has 0 atom stereocenters. The highest BCUT2D eigenvalue weighted by atomic mass is 19.3. The molecule has 0 fully saturated rings. The molecule has 0 unspecified atom stereocenters. The summed E-state index contributed by atoms with van der Waals surface area (Å²) in [6.07, 6.45) is -1.91. The molecule has 2 aromatic carbocycles. The van der Waals surface area contributed by atoms with Gasteiger partial charge >= 0.3 is 0 Å². The molecule has 5 heteroatoms. The average molecular weight is 312 g/mol. The zero-order valence-corrected chi connectivity index (χ0v) is 12.4. The molecule has 0 amide bonds. The second-order valence-corrected chi connectivity index (χ2v) is 5.24. The third-order valence-corrected chi connectivity index (χ3v) is 3.57. The molecule has 0 bridgehead atoms. The monoisotopic (exact) mass is 312 g/mol. The molecule has 3 rings (SSSR count). The predicted octanol–water partition coefficient (Wildman–Crippen LogP) is 4.60. The summed E-state index contributed by atoms with van der Waals surface area (Å²) < 4.78 is 27.6. The number of carbonyl (C=O) groups is 1. The molecular formula is C18H14F2N2O. The van der Waals surface area contributed by atoms with Crippen molar-refractivity contribution >= 4 is 6.29 Å². The van der Waals surface area contributed by atoms with Crippen molar-refractivity contribution in [2.24, 2.45) is 0 Å². The van der Waals surface area contributed by atoms with Crippen LogP contribution in [0.4, 0.5) is 8.78 Å². The summed E-state index contributed by atoms with van der Waals surface area (Å²) in [5.41, 5.74) is 3.34. The standard InChI is InChI=1S/C18H14F2N2O/c1-12-2-6-14(7-3-12)17-10-16(18(19)20)21-22(17)15-8-4-13(11-23)5-9-15/h2-11,18H,1H3. The molecule has 1 heterocycles. The van der Waals surface area contributed by atoms with Gasteiger partial charge in [0, 0.05) is 11.1 Å².